The van der Waals surface area contributed by atoms with Crippen LogP contribution < -0.4 is 0 Å². The van der Waals surface area contributed by atoms with Crippen LogP contribution in [0.1, 0.15) is 30.4 Å². The third-order valence-electron chi connectivity index (χ3n) is 3.18. The molecule has 102 valence electrons. The summed E-state index contributed by atoms with van der Waals surface area (Å²) in [6.45, 7) is 1.52. The molecule has 1 aromatic rings. The maximum absolute atomic E-state index is 13.9. The van der Waals surface area contributed by atoms with E-state index in [-0.39, 0.29) is 0 Å². The molecule has 2 rings (SSSR count). The van der Waals surface area contributed by atoms with Crippen molar-refractivity contribution in [3.8, 4) is 0 Å². The molecule has 1 heterocycles. The number of carboxylic acids is 1. The van der Waals surface area contributed by atoms with E-state index in [4.69, 9.17) is 5.11 Å². The quantitative estimate of drug-likeness (QED) is 0.895. The van der Waals surface area contributed by atoms with E-state index < -0.39 is 23.8 Å². The van der Waals surface area contributed by atoms with Crippen LogP contribution in [0.5, 0.6) is 0 Å². The Morgan fingerprint density at radius 1 is 1.58 bits per heavy atom. The Balaban J connectivity index is 2.27. The highest BCUT2D eigenvalue weighted by molar-refractivity contribution is 8.03. The molecule has 0 aromatic heterocycles. The lowest BCUT2D eigenvalue weighted by atomic mass is 9.99. The molecule has 0 bridgehead atoms. The first-order valence-electron chi connectivity index (χ1n) is 6.03. The molecule has 0 radical (unpaired) electrons. The number of thioether (sulfide) groups is 1. The molecule has 0 aliphatic carbocycles. The lowest BCUT2D eigenvalue weighted by molar-refractivity contribution is -0.138. The van der Waals surface area contributed by atoms with Crippen molar-refractivity contribution in [2.45, 2.75) is 25.4 Å². The van der Waals surface area contributed by atoms with Gasteiger partial charge in [-0.15, -0.1) is 11.8 Å². The Morgan fingerprint density at radius 3 is 2.84 bits per heavy atom. The van der Waals surface area contributed by atoms with E-state index in [9.17, 15) is 14.3 Å². The minimum absolute atomic E-state index is 0.379. The second-order valence-corrected chi connectivity index (χ2v) is 5.71. The molecule has 0 amide bonds. The average Bonchev–Trinajstić information content (AvgIpc) is 2.76. The van der Waals surface area contributed by atoms with Crippen molar-refractivity contribution in [1.82, 2.24) is 0 Å². The van der Waals surface area contributed by atoms with Crippen molar-refractivity contribution in [3.63, 3.8) is 0 Å². The average molecular weight is 282 g/mol. The van der Waals surface area contributed by atoms with E-state index in [0.29, 0.717) is 17.5 Å². The lowest BCUT2D eigenvalue weighted by Crippen LogP contribution is -2.07. The molecule has 1 aromatic carbocycles. The molecule has 3 nitrogen and oxygen atoms in total. The highest BCUT2D eigenvalue weighted by atomic mass is 32.2. The van der Waals surface area contributed by atoms with Gasteiger partial charge in [-0.1, -0.05) is 12.1 Å². The number of carboxylic acid groups (broad SMARTS) is 1. The SMILES string of the molecule is CC(C(=O)O)c1ccc(/C=C2\SCCC2O)c(F)c1. The van der Waals surface area contributed by atoms with Crippen LogP contribution in [0.25, 0.3) is 6.08 Å². The second-order valence-electron chi connectivity index (χ2n) is 4.54. The zero-order valence-electron chi connectivity index (χ0n) is 10.5. The van der Waals surface area contributed by atoms with Crippen LogP contribution in [0.2, 0.25) is 0 Å². The van der Waals surface area contributed by atoms with Gasteiger partial charge in [0.15, 0.2) is 0 Å². The van der Waals surface area contributed by atoms with E-state index in [2.05, 4.69) is 0 Å². The topological polar surface area (TPSA) is 57.5 Å². The summed E-state index contributed by atoms with van der Waals surface area (Å²) >= 11 is 1.52. The molecule has 19 heavy (non-hydrogen) atoms. The number of aliphatic hydroxyl groups is 1. The van der Waals surface area contributed by atoms with Crippen LogP contribution >= 0.6 is 11.8 Å². The first-order chi connectivity index (χ1) is 8.99. The van der Waals surface area contributed by atoms with Crippen molar-refractivity contribution in [1.29, 1.82) is 0 Å². The second kappa shape index (κ2) is 5.75. The molecule has 1 saturated heterocycles. The van der Waals surface area contributed by atoms with Gasteiger partial charge in [0.2, 0.25) is 0 Å². The zero-order valence-corrected chi connectivity index (χ0v) is 11.3. The summed E-state index contributed by atoms with van der Waals surface area (Å²) in [7, 11) is 0. The maximum Gasteiger partial charge on any atom is 0.310 e. The summed E-state index contributed by atoms with van der Waals surface area (Å²) in [6, 6.07) is 4.42. The minimum Gasteiger partial charge on any atom is -0.481 e. The number of aliphatic carboxylic acids is 1. The fourth-order valence-electron chi connectivity index (χ4n) is 1.89. The van der Waals surface area contributed by atoms with Gasteiger partial charge in [0, 0.05) is 16.2 Å². The van der Waals surface area contributed by atoms with Crippen LogP contribution in [-0.4, -0.2) is 28.0 Å². The highest BCUT2D eigenvalue weighted by Crippen LogP contribution is 2.33. The van der Waals surface area contributed by atoms with Gasteiger partial charge in [-0.25, -0.2) is 4.39 Å². The summed E-state index contributed by atoms with van der Waals surface area (Å²) in [5, 5.41) is 18.6. The fraction of sp³-hybridized carbons (Fsp3) is 0.357. The third kappa shape index (κ3) is 3.16. The van der Waals surface area contributed by atoms with Gasteiger partial charge in [0.1, 0.15) is 5.82 Å². The molecular formula is C14H15FO3S. The number of benzene rings is 1. The molecule has 1 aliphatic rings. The Labute approximate surface area is 115 Å². The molecule has 1 aliphatic heterocycles. The largest absolute Gasteiger partial charge is 0.481 e. The number of rotatable bonds is 3. The summed E-state index contributed by atoms with van der Waals surface area (Å²) in [4.78, 5) is 11.6. The number of hydrogen-bond acceptors (Lipinski definition) is 3. The summed E-state index contributed by atoms with van der Waals surface area (Å²) in [5.41, 5.74) is 0.816. The van der Waals surface area contributed by atoms with Crippen LogP contribution in [0, 0.1) is 5.82 Å². The van der Waals surface area contributed by atoms with Crippen molar-refractivity contribution in [2.75, 3.05) is 5.75 Å². The molecular weight excluding hydrogens is 267 g/mol. The number of aliphatic hydroxyl groups excluding tert-OH is 1. The maximum atomic E-state index is 13.9. The van der Waals surface area contributed by atoms with Gasteiger partial charge in [-0.3, -0.25) is 4.79 Å². The van der Waals surface area contributed by atoms with Crippen molar-refractivity contribution in [2.24, 2.45) is 0 Å². The van der Waals surface area contributed by atoms with Gasteiger partial charge < -0.3 is 10.2 Å². The predicted molar refractivity (Wildman–Crippen MR) is 73.5 cm³/mol. The molecule has 1 fully saturated rings. The van der Waals surface area contributed by atoms with E-state index in [0.717, 1.165) is 10.7 Å². The van der Waals surface area contributed by atoms with Crippen LogP contribution in [0.3, 0.4) is 0 Å². The normalized spacial score (nSPS) is 22.7. The Bertz CT molecular complexity index is 527. The monoisotopic (exact) mass is 282 g/mol. The van der Waals surface area contributed by atoms with Gasteiger partial charge in [-0.2, -0.15) is 0 Å². The summed E-state index contributed by atoms with van der Waals surface area (Å²) < 4.78 is 13.9. The molecule has 2 N–H and O–H groups in total. The van der Waals surface area contributed by atoms with Crippen molar-refractivity contribution in [3.05, 3.63) is 40.0 Å². The van der Waals surface area contributed by atoms with Gasteiger partial charge >= 0.3 is 5.97 Å². The van der Waals surface area contributed by atoms with Crippen molar-refractivity contribution < 1.29 is 19.4 Å². The van der Waals surface area contributed by atoms with E-state index >= 15 is 0 Å². The van der Waals surface area contributed by atoms with Crippen LogP contribution in [-0.2, 0) is 4.79 Å². The molecule has 5 heteroatoms. The zero-order chi connectivity index (χ0) is 14.0. The van der Waals surface area contributed by atoms with Crippen molar-refractivity contribution >= 4 is 23.8 Å². The number of hydrogen-bond donors (Lipinski definition) is 2. The lowest BCUT2D eigenvalue weighted by Gasteiger charge is -2.09. The Morgan fingerprint density at radius 2 is 2.32 bits per heavy atom. The highest BCUT2D eigenvalue weighted by Gasteiger charge is 2.20. The number of carbonyl (C=O) groups is 1. The number of halogens is 1. The van der Waals surface area contributed by atoms with Gasteiger partial charge in [0.25, 0.3) is 0 Å². The van der Waals surface area contributed by atoms with Gasteiger partial charge in [-0.05, 0) is 31.1 Å². The van der Waals surface area contributed by atoms with E-state index in [1.54, 1.807) is 18.2 Å². The van der Waals surface area contributed by atoms with Crippen LogP contribution in [0.4, 0.5) is 4.39 Å². The standard InChI is InChI=1S/C14H15FO3S/c1-8(14(17)18)9-2-3-10(11(15)6-9)7-13-12(16)4-5-19-13/h2-3,6-8,12,16H,4-5H2,1H3,(H,17,18)/b13-7-. The third-order valence-corrected chi connectivity index (χ3v) is 4.34. The molecule has 0 saturated carbocycles. The summed E-state index contributed by atoms with van der Waals surface area (Å²) in [6.07, 6.45) is 1.81. The first kappa shape index (κ1) is 14.1. The smallest absolute Gasteiger partial charge is 0.310 e. The Kier molecular flexibility index (Phi) is 4.27. The molecule has 2 unspecified atom stereocenters. The summed E-state index contributed by atoms with van der Waals surface area (Å²) in [5.74, 6) is -1.34. The first-order valence-corrected chi connectivity index (χ1v) is 7.02. The van der Waals surface area contributed by atoms with Gasteiger partial charge in [0.05, 0.1) is 12.0 Å². The molecule has 0 spiro atoms. The Hall–Kier alpha value is -1.33. The van der Waals surface area contributed by atoms with E-state index in [1.165, 1.54) is 24.8 Å². The van der Waals surface area contributed by atoms with Crippen LogP contribution in [0.15, 0.2) is 23.1 Å². The predicted octanol–water partition coefficient (Wildman–Crippen LogP) is 2.85. The fourth-order valence-corrected chi connectivity index (χ4v) is 2.99. The molecule has 2 atom stereocenters. The van der Waals surface area contributed by atoms with E-state index in [1.807, 2.05) is 0 Å². The minimum atomic E-state index is -0.979.